The molecule has 1 aromatic heterocycles. The lowest BCUT2D eigenvalue weighted by atomic mass is 10.0. The molecule has 0 amide bonds. The van der Waals surface area contributed by atoms with Crippen molar-refractivity contribution >= 4 is 54.5 Å². The van der Waals surface area contributed by atoms with E-state index in [1.54, 1.807) is 30.3 Å². The zero-order valence-corrected chi connectivity index (χ0v) is 18.8. The van der Waals surface area contributed by atoms with Crippen LogP contribution in [0.3, 0.4) is 0 Å². The van der Waals surface area contributed by atoms with E-state index in [1.807, 2.05) is 48.5 Å². The number of carbonyl (C=O) groups is 2. The van der Waals surface area contributed by atoms with E-state index in [0.717, 1.165) is 14.5 Å². The predicted octanol–water partition coefficient (Wildman–Crippen LogP) is 6.47. The molecule has 4 nitrogen and oxygen atoms in total. The number of esters is 1. The number of nitrogens with zero attached hydrogens (tertiary/aromatic N) is 1. The van der Waals surface area contributed by atoms with Crippen LogP contribution in [0.5, 0.6) is 0 Å². The minimum absolute atomic E-state index is 0.265. The Morgan fingerprint density at radius 2 is 1.53 bits per heavy atom. The zero-order valence-electron chi connectivity index (χ0n) is 15.6. The van der Waals surface area contributed by atoms with Crippen molar-refractivity contribution in [3.8, 4) is 11.3 Å². The van der Waals surface area contributed by atoms with E-state index in [1.165, 1.54) is 0 Å². The summed E-state index contributed by atoms with van der Waals surface area (Å²) in [4.78, 5) is 30.0. The third-order valence-corrected chi connectivity index (χ3v) is 5.58. The molecule has 6 heteroatoms. The molecule has 0 bridgehead atoms. The smallest absolute Gasteiger partial charge is 0.339 e. The minimum Gasteiger partial charge on any atom is -0.454 e. The van der Waals surface area contributed by atoms with Gasteiger partial charge in [-0.05, 0) is 36.4 Å². The van der Waals surface area contributed by atoms with E-state index < -0.39 is 5.97 Å². The average Bonchev–Trinajstić information content (AvgIpc) is 2.77. The number of halogens is 2. The maximum atomic E-state index is 12.9. The molecule has 0 N–H and O–H groups in total. The Morgan fingerprint density at radius 3 is 2.27 bits per heavy atom. The Hall–Kier alpha value is -2.83. The van der Waals surface area contributed by atoms with Gasteiger partial charge in [-0.1, -0.05) is 74.3 Å². The largest absolute Gasteiger partial charge is 0.454 e. The standard InChI is InChI=1S/C24H15Br2NO3/c25-17-8-6-16(7-9-17)23(28)14-30-24(29)20-13-22(15-4-2-1-3-5-15)27-21-11-10-18(26)12-19(20)21/h1-13H,14H2. The van der Waals surface area contributed by atoms with E-state index in [0.29, 0.717) is 27.7 Å². The number of benzene rings is 3. The molecule has 0 aliphatic carbocycles. The van der Waals surface area contributed by atoms with Crippen LogP contribution in [0.25, 0.3) is 22.2 Å². The van der Waals surface area contributed by atoms with Gasteiger partial charge in [-0.2, -0.15) is 0 Å². The molecule has 30 heavy (non-hydrogen) atoms. The second-order valence-corrected chi connectivity index (χ2v) is 8.42. The first-order valence-corrected chi connectivity index (χ1v) is 10.7. The molecule has 0 aliphatic heterocycles. The van der Waals surface area contributed by atoms with Crippen molar-refractivity contribution in [2.75, 3.05) is 6.61 Å². The molecule has 0 fully saturated rings. The maximum Gasteiger partial charge on any atom is 0.339 e. The summed E-state index contributed by atoms with van der Waals surface area (Å²) in [5, 5.41) is 0.658. The summed E-state index contributed by atoms with van der Waals surface area (Å²) in [6.45, 7) is -0.334. The Labute approximate surface area is 190 Å². The third kappa shape index (κ3) is 4.50. The van der Waals surface area contributed by atoms with Gasteiger partial charge in [0, 0.05) is 25.5 Å². The van der Waals surface area contributed by atoms with E-state index in [2.05, 4.69) is 36.8 Å². The Kier molecular flexibility index (Phi) is 6.06. The summed E-state index contributed by atoms with van der Waals surface area (Å²) in [5.41, 5.74) is 3.08. The first kappa shape index (κ1) is 20.4. The molecule has 4 rings (SSSR count). The number of ketones is 1. The number of ether oxygens (including phenoxy) is 1. The molecule has 0 saturated carbocycles. The van der Waals surface area contributed by atoms with Crippen LogP contribution in [-0.4, -0.2) is 23.3 Å². The van der Waals surface area contributed by atoms with Gasteiger partial charge in [0.05, 0.1) is 16.8 Å². The van der Waals surface area contributed by atoms with Crippen molar-refractivity contribution in [1.29, 1.82) is 0 Å². The van der Waals surface area contributed by atoms with Crippen LogP contribution in [0.4, 0.5) is 0 Å². The van der Waals surface area contributed by atoms with Crippen molar-refractivity contribution in [2.24, 2.45) is 0 Å². The Morgan fingerprint density at radius 1 is 0.833 bits per heavy atom. The molecular weight excluding hydrogens is 510 g/mol. The third-order valence-electron chi connectivity index (χ3n) is 4.56. The van der Waals surface area contributed by atoms with Crippen molar-refractivity contribution in [3.63, 3.8) is 0 Å². The second-order valence-electron chi connectivity index (χ2n) is 6.59. The second kappa shape index (κ2) is 8.90. The summed E-state index contributed by atoms with van der Waals surface area (Å²) in [5.74, 6) is -0.832. The van der Waals surface area contributed by atoms with Gasteiger partial charge in [0.25, 0.3) is 0 Å². The van der Waals surface area contributed by atoms with Gasteiger partial charge in [0.15, 0.2) is 12.4 Å². The van der Waals surface area contributed by atoms with Gasteiger partial charge in [-0.15, -0.1) is 0 Å². The van der Waals surface area contributed by atoms with E-state index in [4.69, 9.17) is 4.74 Å². The van der Waals surface area contributed by atoms with Crippen LogP contribution in [0.2, 0.25) is 0 Å². The molecule has 4 aromatic rings. The number of hydrogen-bond acceptors (Lipinski definition) is 4. The normalized spacial score (nSPS) is 10.7. The van der Waals surface area contributed by atoms with Crippen molar-refractivity contribution in [2.45, 2.75) is 0 Å². The molecule has 0 aliphatic rings. The van der Waals surface area contributed by atoms with Gasteiger partial charge in [0.1, 0.15) is 0 Å². The van der Waals surface area contributed by atoms with Gasteiger partial charge in [-0.3, -0.25) is 4.79 Å². The van der Waals surface area contributed by atoms with Crippen LogP contribution in [0.1, 0.15) is 20.7 Å². The SMILES string of the molecule is O=C(COC(=O)c1cc(-c2ccccc2)nc2ccc(Br)cc12)c1ccc(Br)cc1. The Bertz CT molecular complexity index is 1240. The first-order chi connectivity index (χ1) is 14.5. The van der Waals surface area contributed by atoms with Gasteiger partial charge in [-0.25, -0.2) is 9.78 Å². The summed E-state index contributed by atoms with van der Waals surface area (Å²) in [6.07, 6.45) is 0. The lowest BCUT2D eigenvalue weighted by Crippen LogP contribution is -2.15. The highest BCUT2D eigenvalue weighted by molar-refractivity contribution is 9.10. The molecule has 3 aromatic carbocycles. The highest BCUT2D eigenvalue weighted by Gasteiger charge is 2.17. The number of pyridine rings is 1. The summed E-state index contributed by atoms with van der Waals surface area (Å²) in [7, 11) is 0. The highest BCUT2D eigenvalue weighted by atomic mass is 79.9. The number of Topliss-reactive ketones (excluding diaryl/α,β-unsaturated/α-hetero) is 1. The predicted molar refractivity (Wildman–Crippen MR) is 124 cm³/mol. The molecule has 0 saturated heterocycles. The number of hydrogen-bond donors (Lipinski definition) is 0. The lowest BCUT2D eigenvalue weighted by Gasteiger charge is -2.10. The summed E-state index contributed by atoms with van der Waals surface area (Å²) in [6, 6.07) is 23.8. The molecule has 0 unspecified atom stereocenters. The minimum atomic E-state index is -0.567. The van der Waals surface area contributed by atoms with E-state index in [9.17, 15) is 9.59 Å². The van der Waals surface area contributed by atoms with Gasteiger partial charge >= 0.3 is 5.97 Å². The zero-order chi connectivity index (χ0) is 21.1. The maximum absolute atomic E-state index is 12.9. The summed E-state index contributed by atoms with van der Waals surface area (Å²) < 4.78 is 7.07. The number of carbonyl (C=O) groups excluding carboxylic acids is 2. The van der Waals surface area contributed by atoms with Crippen molar-refractivity contribution in [3.05, 3.63) is 98.9 Å². The van der Waals surface area contributed by atoms with Crippen LogP contribution < -0.4 is 0 Å². The quantitative estimate of drug-likeness (QED) is 0.222. The molecule has 1 heterocycles. The monoisotopic (exact) mass is 523 g/mol. The number of aromatic nitrogens is 1. The van der Waals surface area contributed by atoms with Crippen LogP contribution >= 0.6 is 31.9 Å². The molecular formula is C24H15Br2NO3. The fraction of sp³-hybridized carbons (Fsp3) is 0.0417. The van der Waals surface area contributed by atoms with E-state index in [-0.39, 0.29) is 12.4 Å². The van der Waals surface area contributed by atoms with E-state index >= 15 is 0 Å². The average molecular weight is 525 g/mol. The molecule has 0 radical (unpaired) electrons. The van der Waals surface area contributed by atoms with Gasteiger partial charge < -0.3 is 4.74 Å². The fourth-order valence-corrected chi connectivity index (χ4v) is 3.68. The van der Waals surface area contributed by atoms with Crippen LogP contribution in [0.15, 0.2) is 87.8 Å². The molecule has 0 spiro atoms. The topological polar surface area (TPSA) is 56.3 Å². The Balaban J connectivity index is 1.66. The van der Waals surface area contributed by atoms with Crippen molar-refractivity contribution < 1.29 is 14.3 Å². The van der Waals surface area contributed by atoms with Gasteiger partial charge in [0.2, 0.25) is 0 Å². The molecule has 0 atom stereocenters. The van der Waals surface area contributed by atoms with Crippen LogP contribution in [-0.2, 0) is 4.74 Å². The fourth-order valence-electron chi connectivity index (χ4n) is 3.05. The molecule has 148 valence electrons. The lowest BCUT2D eigenvalue weighted by molar-refractivity contribution is 0.0476. The van der Waals surface area contributed by atoms with Crippen LogP contribution in [0, 0.1) is 0 Å². The van der Waals surface area contributed by atoms with Crippen molar-refractivity contribution in [1.82, 2.24) is 4.98 Å². The summed E-state index contributed by atoms with van der Waals surface area (Å²) >= 11 is 6.78. The highest BCUT2D eigenvalue weighted by Crippen LogP contribution is 2.27. The number of rotatable bonds is 5. The first-order valence-electron chi connectivity index (χ1n) is 9.13. The number of fused-ring (bicyclic) bond motifs is 1.